The number of amides is 1. The number of benzene rings is 2. The number of carbonyl (C=O) groups is 2. The minimum atomic E-state index is -0.602. The number of methoxy groups -OCH3 is 2. The molecule has 184 valence electrons. The lowest BCUT2D eigenvalue weighted by atomic mass is 10.1. The molecule has 0 spiro atoms. The van der Waals surface area contributed by atoms with E-state index < -0.39 is 17.7 Å². The van der Waals surface area contributed by atoms with Crippen molar-refractivity contribution < 1.29 is 28.2 Å². The summed E-state index contributed by atoms with van der Waals surface area (Å²) in [6.07, 6.45) is 0. The summed E-state index contributed by atoms with van der Waals surface area (Å²) in [6.45, 7) is 2.50. The first kappa shape index (κ1) is 24.0. The largest absolute Gasteiger partial charge is 0.496 e. The maximum Gasteiger partial charge on any atom is 0.359 e. The van der Waals surface area contributed by atoms with E-state index in [0.29, 0.717) is 37.8 Å². The zero-order valence-corrected chi connectivity index (χ0v) is 19.4. The first-order chi connectivity index (χ1) is 16.9. The Kier molecular flexibility index (Phi) is 7.16. The van der Waals surface area contributed by atoms with Crippen LogP contribution >= 0.6 is 0 Å². The number of ether oxygens (including phenoxy) is 3. The fraction of sp³-hybridized carbons (Fsp3) is 0.292. The Labute approximate surface area is 201 Å². The molecule has 0 bridgehead atoms. The van der Waals surface area contributed by atoms with Crippen molar-refractivity contribution in [3.63, 3.8) is 0 Å². The molecule has 2 aromatic carbocycles. The Morgan fingerprint density at radius 1 is 1.14 bits per heavy atom. The molecule has 4 rings (SSSR count). The highest BCUT2D eigenvalue weighted by molar-refractivity contribution is 5.97. The van der Waals surface area contributed by atoms with Gasteiger partial charge in [0.05, 0.1) is 38.7 Å². The summed E-state index contributed by atoms with van der Waals surface area (Å²) in [5.41, 5.74) is 8.15. The van der Waals surface area contributed by atoms with E-state index in [9.17, 15) is 14.0 Å². The van der Waals surface area contributed by atoms with Crippen LogP contribution in [0.2, 0.25) is 0 Å². The second-order valence-corrected chi connectivity index (χ2v) is 7.78. The zero-order chi connectivity index (χ0) is 24.9. The smallest absolute Gasteiger partial charge is 0.359 e. The number of nitrogens with two attached hydrogens (primary N) is 1. The molecule has 0 saturated carbocycles. The summed E-state index contributed by atoms with van der Waals surface area (Å²) in [5, 5.41) is 7.34. The molecule has 3 aromatic rings. The number of esters is 1. The van der Waals surface area contributed by atoms with Crippen LogP contribution in [0, 0.1) is 5.82 Å². The number of nitrogen functional groups attached to an aromatic ring is 1. The van der Waals surface area contributed by atoms with Crippen LogP contribution in [0.1, 0.15) is 26.4 Å². The summed E-state index contributed by atoms with van der Waals surface area (Å²) in [4.78, 5) is 27.0. The fourth-order valence-electron chi connectivity index (χ4n) is 3.80. The summed E-state index contributed by atoms with van der Waals surface area (Å²) >= 11 is 0. The molecule has 2 heterocycles. The third kappa shape index (κ3) is 5.04. The van der Waals surface area contributed by atoms with Crippen molar-refractivity contribution in [2.24, 2.45) is 0 Å². The van der Waals surface area contributed by atoms with E-state index in [1.807, 2.05) is 4.90 Å². The van der Waals surface area contributed by atoms with Crippen molar-refractivity contribution in [1.29, 1.82) is 0 Å². The van der Waals surface area contributed by atoms with Gasteiger partial charge in [-0.05, 0) is 35.9 Å². The fourth-order valence-corrected chi connectivity index (χ4v) is 3.80. The average Bonchev–Trinajstić information content (AvgIpc) is 3.24. The lowest BCUT2D eigenvalue weighted by molar-refractivity contribution is 0.0591. The predicted molar refractivity (Wildman–Crippen MR) is 126 cm³/mol. The maximum atomic E-state index is 13.6. The van der Waals surface area contributed by atoms with Crippen molar-refractivity contribution in [1.82, 2.24) is 15.1 Å². The van der Waals surface area contributed by atoms with Gasteiger partial charge < -0.3 is 30.2 Å². The molecule has 0 unspecified atom stereocenters. The summed E-state index contributed by atoms with van der Waals surface area (Å²) in [6, 6.07) is 10.8. The third-order valence-corrected chi connectivity index (χ3v) is 5.63. The van der Waals surface area contributed by atoms with Crippen LogP contribution in [-0.2, 0) is 16.0 Å². The second kappa shape index (κ2) is 10.4. The molecule has 1 aliphatic heterocycles. The minimum absolute atomic E-state index is 0.106. The van der Waals surface area contributed by atoms with Gasteiger partial charge in [0.1, 0.15) is 17.3 Å². The molecule has 0 radical (unpaired) electrons. The first-order valence-electron chi connectivity index (χ1n) is 10.9. The number of aromatic nitrogens is 2. The van der Waals surface area contributed by atoms with Crippen LogP contribution in [0.4, 0.5) is 15.9 Å². The van der Waals surface area contributed by atoms with Gasteiger partial charge in [-0.15, -0.1) is 5.10 Å². The number of nitrogens with one attached hydrogen (secondary N) is 1. The molecule has 3 N–H and O–H groups in total. The van der Waals surface area contributed by atoms with Crippen LogP contribution in [0.5, 0.6) is 5.75 Å². The van der Waals surface area contributed by atoms with Crippen LogP contribution in [0.15, 0.2) is 42.5 Å². The van der Waals surface area contributed by atoms with Gasteiger partial charge in [0, 0.05) is 19.6 Å². The monoisotopic (exact) mass is 483 g/mol. The van der Waals surface area contributed by atoms with Crippen molar-refractivity contribution >= 4 is 23.4 Å². The molecule has 11 heteroatoms. The highest BCUT2D eigenvalue weighted by atomic mass is 19.1. The van der Waals surface area contributed by atoms with Crippen LogP contribution in [0.3, 0.4) is 0 Å². The normalized spacial score (nSPS) is 13.4. The molecule has 1 aliphatic rings. The van der Waals surface area contributed by atoms with E-state index in [4.69, 9.17) is 19.9 Å². The number of carbonyl (C=O) groups excluding carboxylic acids is 2. The van der Waals surface area contributed by atoms with E-state index in [2.05, 4.69) is 10.4 Å². The van der Waals surface area contributed by atoms with E-state index in [0.717, 1.165) is 11.6 Å². The Morgan fingerprint density at radius 3 is 2.51 bits per heavy atom. The molecule has 1 saturated heterocycles. The molecule has 35 heavy (non-hydrogen) atoms. The Morgan fingerprint density at radius 2 is 1.86 bits per heavy atom. The molecular formula is C24H26FN5O5. The summed E-state index contributed by atoms with van der Waals surface area (Å²) in [7, 11) is 2.70. The van der Waals surface area contributed by atoms with Crippen molar-refractivity contribution in [3.8, 4) is 11.4 Å². The quantitative estimate of drug-likeness (QED) is 0.491. The van der Waals surface area contributed by atoms with Crippen molar-refractivity contribution in [2.45, 2.75) is 6.54 Å². The minimum Gasteiger partial charge on any atom is -0.496 e. The van der Waals surface area contributed by atoms with Crippen LogP contribution in [-0.4, -0.2) is 62.2 Å². The van der Waals surface area contributed by atoms with Gasteiger partial charge in [-0.3, -0.25) is 4.79 Å². The predicted octanol–water partition coefficient (Wildman–Crippen LogP) is 2.16. The van der Waals surface area contributed by atoms with E-state index in [-0.39, 0.29) is 29.2 Å². The molecule has 1 aromatic heterocycles. The van der Waals surface area contributed by atoms with Crippen LogP contribution in [0.25, 0.3) is 5.69 Å². The van der Waals surface area contributed by atoms with Gasteiger partial charge in [0.15, 0.2) is 11.5 Å². The highest BCUT2D eigenvalue weighted by Crippen LogP contribution is 2.29. The number of halogens is 1. The summed E-state index contributed by atoms with van der Waals surface area (Å²) < 4.78 is 30.5. The zero-order valence-electron chi connectivity index (χ0n) is 19.4. The molecule has 1 amide bonds. The number of hydrogen-bond donors (Lipinski definition) is 2. The Hall–Kier alpha value is -4.12. The second-order valence-electron chi connectivity index (χ2n) is 7.78. The SMILES string of the molecule is COC(=O)c1c(N)c(N2CCOCC2)nn1-c1ccc(CNC(=O)c2cc(F)ccc2OC)cc1. The summed E-state index contributed by atoms with van der Waals surface area (Å²) in [5.74, 6) is -0.823. The van der Waals surface area contributed by atoms with Gasteiger partial charge in [0.25, 0.3) is 5.91 Å². The molecule has 0 atom stereocenters. The lowest BCUT2D eigenvalue weighted by Crippen LogP contribution is -2.36. The lowest BCUT2D eigenvalue weighted by Gasteiger charge is -2.27. The highest BCUT2D eigenvalue weighted by Gasteiger charge is 2.27. The van der Waals surface area contributed by atoms with Gasteiger partial charge >= 0.3 is 5.97 Å². The number of hydrogen-bond acceptors (Lipinski definition) is 8. The van der Waals surface area contributed by atoms with Gasteiger partial charge in [-0.25, -0.2) is 13.9 Å². The number of morpholine rings is 1. The van der Waals surface area contributed by atoms with Crippen LogP contribution < -0.4 is 20.7 Å². The van der Waals surface area contributed by atoms with Crippen molar-refractivity contribution in [3.05, 3.63) is 65.1 Å². The topological polar surface area (TPSA) is 121 Å². The maximum absolute atomic E-state index is 13.6. The molecular weight excluding hydrogens is 457 g/mol. The molecule has 0 aliphatic carbocycles. The average molecular weight is 484 g/mol. The number of rotatable bonds is 7. The Balaban J connectivity index is 1.54. The van der Waals surface area contributed by atoms with E-state index in [1.54, 1.807) is 24.3 Å². The number of nitrogens with zero attached hydrogens (tertiary/aromatic N) is 3. The first-order valence-corrected chi connectivity index (χ1v) is 10.9. The van der Waals surface area contributed by atoms with Gasteiger partial charge in [-0.2, -0.15) is 0 Å². The molecule has 1 fully saturated rings. The van der Waals surface area contributed by atoms with E-state index >= 15 is 0 Å². The number of anilines is 2. The Bertz CT molecular complexity index is 1220. The van der Waals surface area contributed by atoms with Gasteiger partial charge in [0.2, 0.25) is 0 Å². The molecule has 10 nitrogen and oxygen atoms in total. The van der Waals surface area contributed by atoms with Crippen molar-refractivity contribution in [2.75, 3.05) is 51.2 Å². The third-order valence-electron chi connectivity index (χ3n) is 5.63. The van der Waals surface area contributed by atoms with Gasteiger partial charge in [-0.1, -0.05) is 12.1 Å². The standard InChI is InChI=1S/C24H26FN5O5/c1-33-19-8-5-16(25)13-18(19)23(31)27-14-15-3-6-17(7-4-15)30-21(24(32)34-2)20(26)22(28-30)29-9-11-35-12-10-29/h3-8,13H,9-12,14,26H2,1-2H3,(H,27,31). The van der Waals surface area contributed by atoms with E-state index in [1.165, 1.54) is 31.0 Å².